The lowest BCUT2D eigenvalue weighted by molar-refractivity contribution is 0.161. The van der Waals surface area contributed by atoms with Crippen LogP contribution in [-0.4, -0.2) is 37.2 Å². The molecule has 0 atom stereocenters. The molecule has 6 nitrogen and oxygen atoms in total. The number of amides is 3. The van der Waals surface area contributed by atoms with Crippen molar-refractivity contribution in [3.05, 3.63) is 45.6 Å². The Morgan fingerprint density at radius 2 is 1.85 bits per heavy atom. The van der Waals surface area contributed by atoms with Crippen LogP contribution in [0.4, 0.5) is 21.0 Å². The zero-order valence-electron chi connectivity index (χ0n) is 15.0. The van der Waals surface area contributed by atoms with Gasteiger partial charge in [0, 0.05) is 29.8 Å². The molecule has 0 aliphatic rings. The molecule has 0 saturated carbocycles. The Morgan fingerprint density at radius 3 is 2.38 bits per heavy atom. The average Bonchev–Trinajstić information content (AvgIpc) is 3.04. The summed E-state index contributed by atoms with van der Waals surface area (Å²) < 4.78 is 5.67. The predicted octanol–water partition coefficient (Wildman–Crippen LogP) is 5.05. The second kappa shape index (κ2) is 9.45. The Kier molecular flexibility index (Phi) is 7.29. The number of anilines is 2. The lowest BCUT2D eigenvalue weighted by atomic mass is 10.2. The third kappa shape index (κ3) is 5.37. The quantitative estimate of drug-likeness (QED) is 0.744. The molecule has 26 heavy (non-hydrogen) atoms. The van der Waals surface area contributed by atoms with Crippen LogP contribution < -0.4 is 10.2 Å². The lowest BCUT2D eigenvalue weighted by Gasteiger charge is -2.21. The van der Waals surface area contributed by atoms with E-state index in [0.29, 0.717) is 35.4 Å². The first-order chi connectivity index (χ1) is 12.4. The number of hydrogen-bond acceptors (Lipinski definition) is 4. The van der Waals surface area contributed by atoms with E-state index in [1.54, 1.807) is 43.1 Å². The summed E-state index contributed by atoms with van der Waals surface area (Å²) >= 11 is 7.40. The third-order valence-corrected chi connectivity index (χ3v) is 4.91. The first kappa shape index (κ1) is 20.1. The van der Waals surface area contributed by atoms with Crippen LogP contribution >= 0.6 is 22.9 Å². The summed E-state index contributed by atoms with van der Waals surface area (Å²) in [5.74, 6) is 0. The van der Waals surface area contributed by atoms with E-state index < -0.39 is 6.09 Å². The van der Waals surface area contributed by atoms with Gasteiger partial charge in [0.2, 0.25) is 0 Å². The Balaban J connectivity index is 1.98. The van der Waals surface area contributed by atoms with Crippen LogP contribution in [0.3, 0.4) is 0 Å². The molecular weight excluding hydrogens is 374 g/mol. The Labute approximate surface area is 162 Å². The number of carbonyl (C=O) groups excluding carboxylic acids is 2. The molecule has 1 aromatic carbocycles. The van der Waals surface area contributed by atoms with Gasteiger partial charge in [0.1, 0.15) is 0 Å². The summed E-state index contributed by atoms with van der Waals surface area (Å²) in [4.78, 5) is 28.3. The van der Waals surface area contributed by atoms with Crippen molar-refractivity contribution in [1.82, 2.24) is 4.90 Å². The molecule has 1 heterocycles. The van der Waals surface area contributed by atoms with Crippen molar-refractivity contribution in [2.75, 3.05) is 30.4 Å². The van der Waals surface area contributed by atoms with Gasteiger partial charge in [0.25, 0.3) is 0 Å². The smallest absolute Gasteiger partial charge is 0.413 e. The van der Waals surface area contributed by atoms with E-state index in [9.17, 15) is 9.59 Å². The lowest BCUT2D eigenvalue weighted by Crippen LogP contribution is -2.34. The van der Waals surface area contributed by atoms with Crippen molar-refractivity contribution in [1.29, 1.82) is 0 Å². The maximum Gasteiger partial charge on any atom is 0.413 e. The summed E-state index contributed by atoms with van der Waals surface area (Å²) in [6.07, 6.45) is -0.420. The largest absolute Gasteiger partial charge is 0.449 e. The van der Waals surface area contributed by atoms with Crippen LogP contribution in [0.15, 0.2) is 36.4 Å². The number of carbonyl (C=O) groups is 2. The van der Waals surface area contributed by atoms with Crippen LogP contribution in [0.5, 0.6) is 0 Å². The van der Waals surface area contributed by atoms with Crippen LogP contribution in [0, 0.1) is 0 Å². The van der Waals surface area contributed by atoms with Crippen molar-refractivity contribution in [3.8, 4) is 0 Å². The van der Waals surface area contributed by atoms with Gasteiger partial charge in [-0.2, -0.15) is 0 Å². The molecule has 2 rings (SSSR count). The average molecular weight is 396 g/mol. The van der Waals surface area contributed by atoms with Crippen molar-refractivity contribution in [2.45, 2.75) is 20.4 Å². The Bertz CT molecular complexity index is 748. The fraction of sp³-hybridized carbons (Fsp3) is 0.333. The first-order valence-electron chi connectivity index (χ1n) is 8.25. The second-order valence-corrected chi connectivity index (χ2v) is 7.25. The zero-order valence-corrected chi connectivity index (χ0v) is 16.6. The molecule has 0 aliphatic heterocycles. The molecule has 0 bridgehead atoms. The molecule has 3 amide bonds. The number of thiophene rings is 1. The van der Waals surface area contributed by atoms with E-state index in [-0.39, 0.29) is 6.03 Å². The monoisotopic (exact) mass is 395 g/mol. The van der Waals surface area contributed by atoms with Gasteiger partial charge in [-0.25, -0.2) is 9.59 Å². The molecule has 0 spiro atoms. The van der Waals surface area contributed by atoms with Crippen LogP contribution in [0.1, 0.15) is 18.7 Å². The SMILES string of the molecule is CCOC(=O)N(C)c1ccc(NC(=O)N(CC)Cc2ccc(Cl)s2)cc1. The molecule has 8 heteroatoms. The van der Waals surface area contributed by atoms with Crippen LogP contribution in [0.25, 0.3) is 0 Å². The molecule has 2 aromatic rings. The fourth-order valence-electron chi connectivity index (χ4n) is 2.25. The predicted molar refractivity (Wildman–Crippen MR) is 106 cm³/mol. The molecule has 0 fully saturated rings. The van der Waals surface area contributed by atoms with E-state index >= 15 is 0 Å². The highest BCUT2D eigenvalue weighted by Crippen LogP contribution is 2.23. The number of benzene rings is 1. The van der Waals surface area contributed by atoms with Gasteiger partial charge < -0.3 is 15.0 Å². The van der Waals surface area contributed by atoms with Crippen molar-refractivity contribution in [3.63, 3.8) is 0 Å². The summed E-state index contributed by atoms with van der Waals surface area (Å²) in [5, 5.41) is 2.86. The number of nitrogens with one attached hydrogen (secondary N) is 1. The number of hydrogen-bond donors (Lipinski definition) is 1. The highest BCUT2D eigenvalue weighted by atomic mass is 35.5. The van der Waals surface area contributed by atoms with E-state index in [4.69, 9.17) is 16.3 Å². The highest BCUT2D eigenvalue weighted by Gasteiger charge is 2.15. The van der Waals surface area contributed by atoms with Crippen molar-refractivity contribution in [2.24, 2.45) is 0 Å². The summed E-state index contributed by atoms with van der Waals surface area (Å²) in [5.41, 5.74) is 1.33. The van der Waals surface area contributed by atoms with Gasteiger partial charge in [-0.15, -0.1) is 11.3 Å². The maximum absolute atomic E-state index is 12.5. The van der Waals surface area contributed by atoms with E-state index in [1.165, 1.54) is 16.2 Å². The molecule has 1 N–H and O–H groups in total. The van der Waals surface area contributed by atoms with Gasteiger partial charge >= 0.3 is 12.1 Å². The third-order valence-electron chi connectivity index (χ3n) is 3.69. The van der Waals surface area contributed by atoms with Gasteiger partial charge in [-0.3, -0.25) is 4.90 Å². The minimum absolute atomic E-state index is 0.191. The molecule has 0 radical (unpaired) electrons. The first-order valence-corrected chi connectivity index (χ1v) is 9.44. The number of urea groups is 1. The summed E-state index contributed by atoms with van der Waals surface area (Å²) in [7, 11) is 1.64. The molecule has 0 aliphatic carbocycles. The minimum Gasteiger partial charge on any atom is -0.449 e. The number of halogens is 1. The standard InChI is InChI=1S/C18H22ClN3O3S/c1-4-22(12-15-10-11-16(19)26-15)17(23)20-13-6-8-14(9-7-13)21(3)18(24)25-5-2/h6-11H,4-5,12H2,1-3H3,(H,20,23). The molecule has 0 unspecified atom stereocenters. The highest BCUT2D eigenvalue weighted by molar-refractivity contribution is 7.16. The normalized spacial score (nSPS) is 10.3. The maximum atomic E-state index is 12.5. The van der Waals surface area contributed by atoms with Gasteiger partial charge in [0.05, 0.1) is 17.5 Å². The van der Waals surface area contributed by atoms with Crippen LogP contribution in [-0.2, 0) is 11.3 Å². The van der Waals surface area contributed by atoms with E-state index in [1.807, 2.05) is 19.1 Å². The van der Waals surface area contributed by atoms with Crippen molar-refractivity contribution >= 4 is 46.4 Å². The molecular formula is C18H22ClN3O3S. The minimum atomic E-state index is -0.420. The Morgan fingerprint density at radius 1 is 1.15 bits per heavy atom. The van der Waals surface area contributed by atoms with Gasteiger partial charge in [-0.1, -0.05) is 11.6 Å². The number of rotatable bonds is 6. The van der Waals surface area contributed by atoms with Gasteiger partial charge in [-0.05, 0) is 50.2 Å². The summed E-state index contributed by atoms with van der Waals surface area (Å²) in [6.45, 7) is 5.08. The molecule has 1 aromatic heterocycles. The number of nitrogens with zero attached hydrogens (tertiary/aromatic N) is 2. The fourth-order valence-corrected chi connectivity index (χ4v) is 3.35. The summed E-state index contributed by atoms with van der Waals surface area (Å²) in [6, 6.07) is 10.6. The van der Waals surface area contributed by atoms with E-state index in [0.717, 1.165) is 4.88 Å². The topological polar surface area (TPSA) is 61.9 Å². The molecule has 0 saturated heterocycles. The van der Waals surface area contributed by atoms with Gasteiger partial charge in [0.15, 0.2) is 0 Å². The number of ether oxygens (including phenoxy) is 1. The zero-order chi connectivity index (χ0) is 19.1. The molecule has 140 valence electrons. The van der Waals surface area contributed by atoms with Crippen LogP contribution in [0.2, 0.25) is 4.34 Å². The second-order valence-electron chi connectivity index (χ2n) is 5.45. The van der Waals surface area contributed by atoms with E-state index in [2.05, 4.69) is 5.32 Å². The van der Waals surface area contributed by atoms with Crippen molar-refractivity contribution < 1.29 is 14.3 Å². The Hall–Kier alpha value is -2.25.